The van der Waals surface area contributed by atoms with E-state index in [1.165, 1.54) is 0 Å². The fourth-order valence-electron chi connectivity index (χ4n) is 1.79. The van der Waals surface area contributed by atoms with Crippen LogP contribution in [-0.4, -0.2) is 34.0 Å². The fourth-order valence-corrected chi connectivity index (χ4v) is 1.79. The highest BCUT2D eigenvalue weighted by Gasteiger charge is 2.04. The van der Waals surface area contributed by atoms with Gasteiger partial charge in [0, 0.05) is 25.3 Å². The summed E-state index contributed by atoms with van der Waals surface area (Å²) in [6, 6.07) is 5.83. The van der Waals surface area contributed by atoms with E-state index in [1.54, 1.807) is 14.2 Å². The second kappa shape index (κ2) is 9.64. The Kier molecular flexibility index (Phi) is 8.02. The van der Waals surface area contributed by atoms with Crippen LogP contribution in [0.25, 0.3) is 0 Å². The number of hydrogen-bond acceptors (Lipinski definition) is 4. The van der Waals surface area contributed by atoms with E-state index in [2.05, 4.69) is 12.2 Å². The van der Waals surface area contributed by atoms with Gasteiger partial charge in [0.2, 0.25) is 0 Å². The first kappa shape index (κ1) is 15.8. The van der Waals surface area contributed by atoms with Gasteiger partial charge in [0.25, 0.3) is 0 Å². The molecule has 4 nitrogen and oxygen atoms in total. The Hall–Kier alpha value is -1.26. The molecule has 0 amide bonds. The van der Waals surface area contributed by atoms with Gasteiger partial charge in [-0.2, -0.15) is 0 Å². The second-order valence-corrected chi connectivity index (χ2v) is 4.32. The molecule has 1 rings (SSSR count). The summed E-state index contributed by atoms with van der Waals surface area (Å²) in [6.07, 6.45) is 2.10. The standard InChI is InChI=1S/C15H25NO3/c1-4-9-19-10-5-8-16-12-13-11-14(17-2)6-7-15(13)18-3/h6-7,11,16H,4-5,8-10,12H2,1-3H3. The van der Waals surface area contributed by atoms with Gasteiger partial charge in [-0.15, -0.1) is 0 Å². The van der Waals surface area contributed by atoms with Gasteiger partial charge in [-0.05, 0) is 37.6 Å². The molecule has 0 radical (unpaired) electrons. The molecule has 0 aliphatic rings. The topological polar surface area (TPSA) is 39.7 Å². The zero-order chi connectivity index (χ0) is 13.9. The first-order valence-electron chi connectivity index (χ1n) is 6.81. The Morgan fingerprint density at radius 1 is 1.11 bits per heavy atom. The van der Waals surface area contributed by atoms with E-state index in [1.807, 2.05) is 18.2 Å². The summed E-state index contributed by atoms with van der Waals surface area (Å²) >= 11 is 0. The summed E-state index contributed by atoms with van der Waals surface area (Å²) in [5, 5.41) is 3.39. The molecule has 0 unspecified atom stereocenters. The van der Waals surface area contributed by atoms with Crippen LogP contribution in [0, 0.1) is 0 Å². The predicted octanol–water partition coefficient (Wildman–Crippen LogP) is 2.61. The molecule has 0 aliphatic heterocycles. The molecular weight excluding hydrogens is 242 g/mol. The molecule has 0 saturated heterocycles. The van der Waals surface area contributed by atoms with Crippen molar-refractivity contribution in [3.63, 3.8) is 0 Å². The third kappa shape index (κ3) is 5.94. The highest BCUT2D eigenvalue weighted by atomic mass is 16.5. The maximum atomic E-state index is 5.43. The van der Waals surface area contributed by atoms with Crippen LogP contribution >= 0.6 is 0 Å². The third-order valence-electron chi connectivity index (χ3n) is 2.79. The van der Waals surface area contributed by atoms with Gasteiger partial charge in [-0.1, -0.05) is 6.92 Å². The van der Waals surface area contributed by atoms with E-state index in [-0.39, 0.29) is 0 Å². The third-order valence-corrected chi connectivity index (χ3v) is 2.79. The number of methoxy groups -OCH3 is 2. The van der Waals surface area contributed by atoms with E-state index >= 15 is 0 Å². The van der Waals surface area contributed by atoms with E-state index < -0.39 is 0 Å². The minimum Gasteiger partial charge on any atom is -0.497 e. The van der Waals surface area contributed by atoms with Crippen molar-refractivity contribution in [1.29, 1.82) is 0 Å². The zero-order valence-electron chi connectivity index (χ0n) is 12.2. The van der Waals surface area contributed by atoms with Crippen molar-refractivity contribution in [3.05, 3.63) is 23.8 Å². The highest BCUT2D eigenvalue weighted by Crippen LogP contribution is 2.23. The van der Waals surface area contributed by atoms with Crippen LogP contribution in [-0.2, 0) is 11.3 Å². The lowest BCUT2D eigenvalue weighted by Crippen LogP contribution is -2.17. The smallest absolute Gasteiger partial charge is 0.123 e. The number of hydrogen-bond donors (Lipinski definition) is 1. The molecule has 1 N–H and O–H groups in total. The van der Waals surface area contributed by atoms with Gasteiger partial charge < -0.3 is 19.5 Å². The van der Waals surface area contributed by atoms with Crippen LogP contribution in [0.1, 0.15) is 25.3 Å². The zero-order valence-corrected chi connectivity index (χ0v) is 12.2. The van der Waals surface area contributed by atoms with E-state index in [0.29, 0.717) is 0 Å². The molecule has 0 heterocycles. The number of ether oxygens (including phenoxy) is 3. The summed E-state index contributed by atoms with van der Waals surface area (Å²) in [6.45, 7) is 5.49. The lowest BCUT2D eigenvalue weighted by atomic mass is 10.2. The predicted molar refractivity (Wildman–Crippen MR) is 77.0 cm³/mol. The molecule has 1 aromatic carbocycles. The molecule has 4 heteroatoms. The van der Waals surface area contributed by atoms with Crippen molar-refractivity contribution in [1.82, 2.24) is 5.32 Å². The average Bonchev–Trinajstić information content (AvgIpc) is 2.46. The Labute approximate surface area is 116 Å². The van der Waals surface area contributed by atoms with Crippen molar-refractivity contribution >= 4 is 0 Å². The molecule has 0 aliphatic carbocycles. The maximum Gasteiger partial charge on any atom is 0.123 e. The van der Waals surface area contributed by atoms with Crippen LogP contribution in [0.15, 0.2) is 18.2 Å². The van der Waals surface area contributed by atoms with E-state index in [4.69, 9.17) is 14.2 Å². The van der Waals surface area contributed by atoms with Crippen LogP contribution in [0.5, 0.6) is 11.5 Å². The average molecular weight is 267 g/mol. The lowest BCUT2D eigenvalue weighted by molar-refractivity contribution is 0.132. The van der Waals surface area contributed by atoms with Gasteiger partial charge in [0.15, 0.2) is 0 Å². The van der Waals surface area contributed by atoms with E-state index in [0.717, 1.165) is 56.2 Å². The van der Waals surface area contributed by atoms with Crippen molar-refractivity contribution in [3.8, 4) is 11.5 Å². The molecule has 0 bridgehead atoms. The molecule has 0 saturated carbocycles. The molecule has 19 heavy (non-hydrogen) atoms. The molecule has 1 aromatic rings. The van der Waals surface area contributed by atoms with Gasteiger partial charge in [0.1, 0.15) is 11.5 Å². The second-order valence-electron chi connectivity index (χ2n) is 4.32. The van der Waals surface area contributed by atoms with Gasteiger partial charge in [0.05, 0.1) is 14.2 Å². The van der Waals surface area contributed by atoms with Crippen LogP contribution < -0.4 is 14.8 Å². The van der Waals surface area contributed by atoms with Gasteiger partial charge >= 0.3 is 0 Å². The normalized spacial score (nSPS) is 10.5. The Morgan fingerprint density at radius 3 is 2.63 bits per heavy atom. The number of rotatable bonds is 10. The molecule has 108 valence electrons. The monoisotopic (exact) mass is 267 g/mol. The summed E-state index contributed by atoms with van der Waals surface area (Å²) < 4.78 is 16.0. The van der Waals surface area contributed by atoms with Crippen molar-refractivity contribution in [2.24, 2.45) is 0 Å². The number of nitrogens with one attached hydrogen (secondary N) is 1. The van der Waals surface area contributed by atoms with Gasteiger partial charge in [-0.25, -0.2) is 0 Å². The lowest BCUT2D eigenvalue weighted by Gasteiger charge is -2.11. The van der Waals surface area contributed by atoms with E-state index in [9.17, 15) is 0 Å². The molecule has 0 fully saturated rings. The van der Waals surface area contributed by atoms with Crippen LogP contribution in [0.3, 0.4) is 0 Å². The largest absolute Gasteiger partial charge is 0.497 e. The van der Waals surface area contributed by atoms with Crippen LogP contribution in [0.4, 0.5) is 0 Å². The first-order chi connectivity index (χ1) is 9.31. The minimum absolute atomic E-state index is 0.772. The van der Waals surface area contributed by atoms with Crippen LogP contribution in [0.2, 0.25) is 0 Å². The Balaban J connectivity index is 2.31. The summed E-state index contributed by atoms with van der Waals surface area (Å²) in [5.74, 6) is 1.74. The van der Waals surface area contributed by atoms with Gasteiger partial charge in [-0.3, -0.25) is 0 Å². The molecule has 0 spiro atoms. The van der Waals surface area contributed by atoms with Crippen molar-refractivity contribution < 1.29 is 14.2 Å². The fraction of sp³-hybridized carbons (Fsp3) is 0.600. The first-order valence-corrected chi connectivity index (χ1v) is 6.81. The van der Waals surface area contributed by atoms with Crippen molar-refractivity contribution in [2.75, 3.05) is 34.0 Å². The molecule has 0 atom stereocenters. The summed E-state index contributed by atoms with van der Waals surface area (Å²) in [7, 11) is 3.36. The summed E-state index contributed by atoms with van der Waals surface area (Å²) in [4.78, 5) is 0. The Bertz CT molecular complexity index is 355. The Morgan fingerprint density at radius 2 is 1.95 bits per heavy atom. The summed E-state index contributed by atoms with van der Waals surface area (Å²) in [5.41, 5.74) is 1.11. The van der Waals surface area contributed by atoms with Crippen molar-refractivity contribution in [2.45, 2.75) is 26.3 Å². The minimum atomic E-state index is 0.772. The molecular formula is C15H25NO3. The maximum absolute atomic E-state index is 5.43. The quantitative estimate of drug-likeness (QED) is 0.661. The molecule has 0 aromatic heterocycles. The number of benzene rings is 1. The SMILES string of the molecule is CCCOCCCNCc1cc(OC)ccc1OC. The highest BCUT2D eigenvalue weighted by molar-refractivity contribution is 5.40.